The first-order valence-corrected chi connectivity index (χ1v) is 12.9. The Labute approximate surface area is 224 Å². The summed E-state index contributed by atoms with van der Waals surface area (Å²) < 4.78 is 5.89. The Morgan fingerprint density at radius 1 is 0.789 bits per heavy atom. The molecule has 6 nitrogen and oxygen atoms in total. The first kappa shape index (κ1) is 26.5. The third-order valence-corrected chi connectivity index (χ3v) is 6.03. The molecule has 0 aliphatic carbocycles. The van der Waals surface area contributed by atoms with Gasteiger partial charge in [-0.3, -0.25) is 9.59 Å². The predicted octanol–water partition coefficient (Wildman–Crippen LogP) is 6.42. The molecule has 6 heteroatoms. The number of rotatable bonds is 12. The summed E-state index contributed by atoms with van der Waals surface area (Å²) in [6.07, 6.45) is 1.89. The van der Waals surface area contributed by atoms with Crippen LogP contribution in [-0.4, -0.2) is 31.5 Å². The number of nitrogens with one attached hydrogen (secondary N) is 2. The molecule has 2 N–H and O–H groups in total. The number of aryl methyl sites for hydroxylation is 1. The Kier molecular flexibility index (Phi) is 9.51. The van der Waals surface area contributed by atoms with E-state index in [1.165, 1.54) is 5.56 Å². The van der Waals surface area contributed by atoms with Crippen molar-refractivity contribution < 1.29 is 14.3 Å². The quantitative estimate of drug-likeness (QED) is 0.217. The van der Waals surface area contributed by atoms with Crippen LogP contribution in [0.5, 0.6) is 5.75 Å². The molecular formula is C32H33N3O3. The largest absolute Gasteiger partial charge is 0.494 e. The number of para-hydroxylation sites is 1. The van der Waals surface area contributed by atoms with Gasteiger partial charge in [-0.15, -0.1) is 0 Å². The van der Waals surface area contributed by atoms with Crippen molar-refractivity contribution in [1.82, 2.24) is 0 Å². The summed E-state index contributed by atoms with van der Waals surface area (Å²) in [5, 5.41) is 6.01. The van der Waals surface area contributed by atoms with Crippen molar-refractivity contribution in [3.8, 4) is 5.75 Å². The molecule has 0 radical (unpaired) electrons. The lowest BCUT2D eigenvalue weighted by Crippen LogP contribution is -2.30. The van der Waals surface area contributed by atoms with Crippen LogP contribution in [0.2, 0.25) is 0 Å². The third kappa shape index (κ3) is 7.71. The smallest absolute Gasteiger partial charge is 0.258 e. The van der Waals surface area contributed by atoms with Crippen LogP contribution in [0.4, 0.5) is 17.1 Å². The molecule has 0 atom stereocenters. The average Bonchev–Trinajstić information content (AvgIpc) is 2.96. The number of nitrogens with zero attached hydrogens (tertiary/aromatic N) is 1. The normalized spacial score (nSPS) is 10.4. The first-order valence-electron chi connectivity index (χ1n) is 12.9. The van der Waals surface area contributed by atoms with Gasteiger partial charge in [0.05, 0.1) is 13.2 Å². The molecule has 38 heavy (non-hydrogen) atoms. The number of hydrogen-bond acceptors (Lipinski definition) is 4. The van der Waals surface area contributed by atoms with Gasteiger partial charge in [-0.25, -0.2) is 0 Å². The van der Waals surface area contributed by atoms with Crippen molar-refractivity contribution in [3.05, 3.63) is 120 Å². The molecule has 0 aliphatic heterocycles. The number of anilines is 3. The molecular weight excluding hydrogens is 474 g/mol. The van der Waals surface area contributed by atoms with E-state index >= 15 is 0 Å². The Morgan fingerprint density at radius 2 is 1.50 bits per heavy atom. The molecule has 4 aromatic rings. The van der Waals surface area contributed by atoms with E-state index in [1.54, 1.807) is 29.2 Å². The molecule has 0 saturated heterocycles. The van der Waals surface area contributed by atoms with Crippen LogP contribution >= 0.6 is 0 Å². The zero-order valence-electron chi connectivity index (χ0n) is 21.6. The number of benzene rings is 4. The maximum Gasteiger partial charge on any atom is 0.258 e. The van der Waals surface area contributed by atoms with Crippen LogP contribution in [0.1, 0.15) is 29.3 Å². The topological polar surface area (TPSA) is 70.7 Å². The fourth-order valence-corrected chi connectivity index (χ4v) is 4.13. The van der Waals surface area contributed by atoms with E-state index in [-0.39, 0.29) is 18.4 Å². The molecule has 0 saturated carbocycles. The Morgan fingerprint density at radius 3 is 2.26 bits per heavy atom. The third-order valence-electron chi connectivity index (χ3n) is 6.03. The molecule has 4 aromatic carbocycles. The van der Waals surface area contributed by atoms with Gasteiger partial charge in [0, 0.05) is 35.2 Å². The summed E-state index contributed by atoms with van der Waals surface area (Å²) in [5.74, 6) is 0.432. The maximum absolute atomic E-state index is 13.1. The number of ether oxygens (including phenoxy) is 1. The summed E-state index contributed by atoms with van der Waals surface area (Å²) >= 11 is 0. The maximum atomic E-state index is 13.1. The average molecular weight is 508 g/mol. The van der Waals surface area contributed by atoms with Crippen molar-refractivity contribution in [2.45, 2.75) is 19.8 Å². The molecule has 194 valence electrons. The van der Waals surface area contributed by atoms with Gasteiger partial charge in [-0.05, 0) is 67.8 Å². The SMILES string of the molecule is CCN(C(=O)c1cccc(NC(=O)CNc2cccc(OCCCc3ccccc3)c2)c1)c1ccccc1. The lowest BCUT2D eigenvalue weighted by Gasteiger charge is -2.21. The molecule has 2 amide bonds. The van der Waals surface area contributed by atoms with Crippen molar-refractivity contribution >= 4 is 28.9 Å². The van der Waals surface area contributed by atoms with E-state index in [9.17, 15) is 9.59 Å². The number of hydrogen-bond donors (Lipinski definition) is 2. The highest BCUT2D eigenvalue weighted by Gasteiger charge is 2.16. The monoisotopic (exact) mass is 507 g/mol. The van der Waals surface area contributed by atoms with Gasteiger partial charge in [0.25, 0.3) is 5.91 Å². The number of carbonyl (C=O) groups excluding carboxylic acids is 2. The lowest BCUT2D eigenvalue weighted by atomic mass is 10.1. The van der Waals surface area contributed by atoms with Crippen molar-refractivity contribution in [1.29, 1.82) is 0 Å². The van der Waals surface area contributed by atoms with Gasteiger partial charge in [-0.2, -0.15) is 0 Å². The minimum atomic E-state index is -0.209. The Balaban J connectivity index is 1.26. The minimum absolute atomic E-state index is 0.0841. The van der Waals surface area contributed by atoms with E-state index < -0.39 is 0 Å². The van der Waals surface area contributed by atoms with Gasteiger partial charge >= 0.3 is 0 Å². The van der Waals surface area contributed by atoms with Gasteiger partial charge in [0.1, 0.15) is 5.75 Å². The highest BCUT2D eigenvalue weighted by molar-refractivity contribution is 6.07. The highest BCUT2D eigenvalue weighted by Crippen LogP contribution is 2.20. The molecule has 0 aromatic heterocycles. The van der Waals surface area contributed by atoms with Crippen LogP contribution in [0, 0.1) is 0 Å². The standard InChI is InChI=1S/C32H33N3O3/c1-2-35(29-18-7-4-8-19-29)32(37)26-15-9-17-28(22-26)34-31(36)24-33-27-16-10-20-30(23-27)38-21-11-14-25-12-5-3-6-13-25/h3-10,12-13,15-20,22-23,33H,2,11,14,21,24H2,1H3,(H,34,36). The van der Waals surface area contributed by atoms with Crippen LogP contribution in [0.25, 0.3) is 0 Å². The Bertz CT molecular complexity index is 1330. The fourth-order valence-electron chi connectivity index (χ4n) is 4.13. The van der Waals surface area contributed by atoms with Crippen LogP contribution < -0.4 is 20.3 Å². The van der Waals surface area contributed by atoms with Crippen molar-refractivity contribution in [2.75, 3.05) is 35.2 Å². The highest BCUT2D eigenvalue weighted by atomic mass is 16.5. The molecule has 0 bridgehead atoms. The molecule has 0 spiro atoms. The molecule has 4 rings (SSSR count). The zero-order chi connectivity index (χ0) is 26.6. The van der Waals surface area contributed by atoms with E-state index in [0.717, 1.165) is 30.0 Å². The summed E-state index contributed by atoms with van der Waals surface area (Å²) in [6, 6.07) is 34.5. The predicted molar refractivity (Wildman–Crippen MR) is 154 cm³/mol. The van der Waals surface area contributed by atoms with E-state index in [1.807, 2.05) is 79.7 Å². The van der Waals surface area contributed by atoms with Crippen molar-refractivity contribution in [2.24, 2.45) is 0 Å². The van der Waals surface area contributed by atoms with Gasteiger partial charge in [0.15, 0.2) is 0 Å². The van der Waals surface area contributed by atoms with Crippen LogP contribution in [-0.2, 0) is 11.2 Å². The molecule has 0 heterocycles. The van der Waals surface area contributed by atoms with E-state index in [4.69, 9.17) is 4.74 Å². The van der Waals surface area contributed by atoms with Gasteiger partial charge in [-0.1, -0.05) is 60.7 Å². The second-order valence-corrected chi connectivity index (χ2v) is 8.83. The van der Waals surface area contributed by atoms with E-state index in [2.05, 4.69) is 22.8 Å². The number of carbonyl (C=O) groups is 2. The van der Waals surface area contributed by atoms with E-state index in [0.29, 0.717) is 24.4 Å². The fraction of sp³-hybridized carbons (Fsp3) is 0.188. The summed E-state index contributed by atoms with van der Waals surface area (Å²) in [5.41, 5.74) is 4.01. The molecule has 0 aliphatic rings. The van der Waals surface area contributed by atoms with Crippen LogP contribution in [0.15, 0.2) is 109 Å². The summed E-state index contributed by atoms with van der Waals surface area (Å²) in [4.78, 5) is 27.4. The van der Waals surface area contributed by atoms with Gasteiger partial charge in [0.2, 0.25) is 5.91 Å². The zero-order valence-corrected chi connectivity index (χ0v) is 21.6. The second-order valence-electron chi connectivity index (χ2n) is 8.83. The van der Waals surface area contributed by atoms with Gasteiger partial charge < -0.3 is 20.3 Å². The summed E-state index contributed by atoms with van der Waals surface area (Å²) in [6.45, 7) is 3.18. The lowest BCUT2D eigenvalue weighted by molar-refractivity contribution is -0.114. The van der Waals surface area contributed by atoms with Crippen LogP contribution in [0.3, 0.4) is 0 Å². The number of amides is 2. The second kappa shape index (κ2) is 13.7. The molecule has 0 unspecified atom stereocenters. The first-order chi connectivity index (χ1) is 18.6. The minimum Gasteiger partial charge on any atom is -0.494 e. The summed E-state index contributed by atoms with van der Waals surface area (Å²) in [7, 11) is 0. The van der Waals surface area contributed by atoms with Crippen molar-refractivity contribution in [3.63, 3.8) is 0 Å². The Hall–Kier alpha value is -4.58. The molecule has 0 fully saturated rings.